The van der Waals surface area contributed by atoms with Gasteiger partial charge in [-0.15, -0.1) is 0 Å². The maximum Gasteiger partial charge on any atom is 0.129 e. The van der Waals surface area contributed by atoms with Crippen molar-refractivity contribution < 1.29 is 4.39 Å². The van der Waals surface area contributed by atoms with Crippen molar-refractivity contribution in [1.29, 1.82) is 0 Å². The second kappa shape index (κ2) is 5.39. The summed E-state index contributed by atoms with van der Waals surface area (Å²) in [7, 11) is 0. The summed E-state index contributed by atoms with van der Waals surface area (Å²) in [5.74, 6) is 0.429. The van der Waals surface area contributed by atoms with E-state index in [4.69, 9.17) is 11.6 Å². The van der Waals surface area contributed by atoms with Gasteiger partial charge in [-0.25, -0.2) is 4.39 Å². The molecule has 2 fully saturated rings. The van der Waals surface area contributed by atoms with Gasteiger partial charge >= 0.3 is 0 Å². The molecule has 1 aromatic rings. The topological polar surface area (TPSA) is 15.3 Å². The lowest BCUT2D eigenvalue weighted by Gasteiger charge is -2.36. The van der Waals surface area contributed by atoms with Crippen LogP contribution in [0.1, 0.15) is 30.0 Å². The van der Waals surface area contributed by atoms with Crippen LogP contribution in [-0.2, 0) is 0 Å². The van der Waals surface area contributed by atoms with Crippen LogP contribution in [-0.4, -0.2) is 31.1 Å². The minimum atomic E-state index is -0.147. The molecule has 0 bridgehead atoms. The molecule has 0 amide bonds. The molecule has 2 aliphatic rings. The lowest BCUT2D eigenvalue weighted by atomic mass is 9.97. The van der Waals surface area contributed by atoms with E-state index < -0.39 is 0 Å². The van der Waals surface area contributed by atoms with Gasteiger partial charge in [-0.05, 0) is 37.3 Å². The number of nitrogens with one attached hydrogen (secondary N) is 1. The number of aryl methyl sites for hydroxylation is 1. The van der Waals surface area contributed by atoms with Gasteiger partial charge in [-0.3, -0.25) is 4.90 Å². The molecule has 1 saturated heterocycles. The third-order valence-electron chi connectivity index (χ3n) is 4.23. The first kappa shape index (κ1) is 13.3. The molecule has 1 aliphatic carbocycles. The van der Waals surface area contributed by atoms with E-state index in [1.54, 1.807) is 12.1 Å². The third-order valence-corrected chi connectivity index (χ3v) is 4.73. The molecular formula is C15H20ClFN2. The van der Waals surface area contributed by atoms with Gasteiger partial charge < -0.3 is 5.32 Å². The molecule has 0 radical (unpaired) electrons. The van der Waals surface area contributed by atoms with Crippen LogP contribution in [0, 0.1) is 18.7 Å². The van der Waals surface area contributed by atoms with Crippen molar-refractivity contribution in [3.8, 4) is 0 Å². The Kier molecular flexibility index (Phi) is 3.79. The molecule has 19 heavy (non-hydrogen) atoms. The first-order valence-corrected chi connectivity index (χ1v) is 7.45. The van der Waals surface area contributed by atoms with Gasteiger partial charge in [0.25, 0.3) is 0 Å². The summed E-state index contributed by atoms with van der Waals surface area (Å²) in [5, 5.41) is 3.97. The van der Waals surface area contributed by atoms with Crippen LogP contribution in [0.2, 0.25) is 5.02 Å². The second-order valence-corrected chi connectivity index (χ2v) is 6.04. The van der Waals surface area contributed by atoms with E-state index in [2.05, 4.69) is 10.2 Å². The molecule has 1 atom stereocenters. The number of hydrogen-bond donors (Lipinski definition) is 1. The Labute approximate surface area is 118 Å². The Bertz CT molecular complexity index is 467. The van der Waals surface area contributed by atoms with Crippen LogP contribution in [0.5, 0.6) is 0 Å². The van der Waals surface area contributed by atoms with E-state index in [1.165, 1.54) is 12.8 Å². The minimum Gasteiger partial charge on any atom is -0.314 e. The molecule has 0 aromatic heterocycles. The molecular weight excluding hydrogens is 263 g/mol. The molecule has 2 nitrogen and oxygen atoms in total. The zero-order valence-corrected chi connectivity index (χ0v) is 12.0. The summed E-state index contributed by atoms with van der Waals surface area (Å²) in [6, 6.07) is 3.49. The fraction of sp³-hybridized carbons (Fsp3) is 0.600. The molecule has 0 spiro atoms. The average molecular weight is 283 g/mol. The van der Waals surface area contributed by atoms with E-state index >= 15 is 0 Å². The van der Waals surface area contributed by atoms with E-state index in [-0.39, 0.29) is 11.9 Å². The molecule has 1 aromatic carbocycles. The van der Waals surface area contributed by atoms with E-state index in [0.717, 1.165) is 37.3 Å². The SMILES string of the molecule is Cc1ccc(F)c([C@H](C2CC2)N2CCNCC2)c1Cl. The Morgan fingerprint density at radius 2 is 2.00 bits per heavy atom. The molecule has 4 heteroatoms. The van der Waals surface area contributed by atoms with Gasteiger partial charge in [-0.2, -0.15) is 0 Å². The molecule has 1 N–H and O–H groups in total. The van der Waals surface area contributed by atoms with Crippen LogP contribution in [0.4, 0.5) is 4.39 Å². The van der Waals surface area contributed by atoms with Gasteiger partial charge in [0.05, 0.1) is 5.02 Å². The van der Waals surface area contributed by atoms with Crippen molar-refractivity contribution in [2.75, 3.05) is 26.2 Å². The standard InChI is InChI=1S/C15H20ClFN2/c1-10-2-5-12(17)13(14(10)16)15(11-3-4-11)19-8-6-18-7-9-19/h2,5,11,15,18H,3-4,6-9H2,1H3/t15-/m0/s1. The highest BCUT2D eigenvalue weighted by molar-refractivity contribution is 6.32. The number of piperazine rings is 1. The number of halogens is 2. The highest BCUT2D eigenvalue weighted by atomic mass is 35.5. The first-order chi connectivity index (χ1) is 9.18. The number of rotatable bonds is 3. The zero-order valence-electron chi connectivity index (χ0n) is 11.3. The molecule has 104 valence electrons. The Morgan fingerprint density at radius 1 is 1.32 bits per heavy atom. The van der Waals surface area contributed by atoms with Crippen molar-refractivity contribution in [2.24, 2.45) is 5.92 Å². The van der Waals surface area contributed by atoms with Crippen molar-refractivity contribution in [3.05, 3.63) is 34.1 Å². The number of nitrogens with zero attached hydrogens (tertiary/aromatic N) is 1. The quantitative estimate of drug-likeness (QED) is 0.916. The summed E-state index contributed by atoms with van der Waals surface area (Å²) in [6.45, 7) is 5.87. The first-order valence-electron chi connectivity index (χ1n) is 7.07. The zero-order chi connectivity index (χ0) is 13.4. The summed E-state index contributed by atoms with van der Waals surface area (Å²) in [6.07, 6.45) is 2.39. The van der Waals surface area contributed by atoms with Crippen molar-refractivity contribution in [3.63, 3.8) is 0 Å². The van der Waals surface area contributed by atoms with Gasteiger partial charge in [0, 0.05) is 37.8 Å². The van der Waals surface area contributed by atoms with E-state index in [1.807, 2.05) is 6.92 Å². The van der Waals surface area contributed by atoms with E-state index in [9.17, 15) is 4.39 Å². The monoisotopic (exact) mass is 282 g/mol. The molecule has 3 rings (SSSR count). The van der Waals surface area contributed by atoms with Gasteiger partial charge in [0.1, 0.15) is 5.82 Å². The fourth-order valence-electron chi connectivity index (χ4n) is 3.04. The second-order valence-electron chi connectivity index (χ2n) is 5.66. The molecule has 1 aliphatic heterocycles. The van der Waals surface area contributed by atoms with Gasteiger partial charge in [0.2, 0.25) is 0 Å². The predicted molar refractivity (Wildman–Crippen MR) is 76.1 cm³/mol. The summed E-state index contributed by atoms with van der Waals surface area (Å²) in [4.78, 5) is 2.40. The highest BCUT2D eigenvalue weighted by Crippen LogP contribution is 2.47. The summed E-state index contributed by atoms with van der Waals surface area (Å²) < 4.78 is 14.3. The van der Waals surface area contributed by atoms with Crippen molar-refractivity contribution in [2.45, 2.75) is 25.8 Å². The Hall–Kier alpha value is -0.640. The van der Waals surface area contributed by atoms with Crippen LogP contribution >= 0.6 is 11.6 Å². The lowest BCUT2D eigenvalue weighted by Crippen LogP contribution is -2.46. The molecule has 1 saturated carbocycles. The largest absolute Gasteiger partial charge is 0.314 e. The van der Waals surface area contributed by atoms with Crippen LogP contribution in [0.25, 0.3) is 0 Å². The molecule has 0 unspecified atom stereocenters. The van der Waals surface area contributed by atoms with Crippen molar-refractivity contribution >= 4 is 11.6 Å². The van der Waals surface area contributed by atoms with Gasteiger partial charge in [-0.1, -0.05) is 17.7 Å². The van der Waals surface area contributed by atoms with Crippen LogP contribution in [0.15, 0.2) is 12.1 Å². The highest BCUT2D eigenvalue weighted by Gasteiger charge is 2.39. The molecule has 1 heterocycles. The smallest absolute Gasteiger partial charge is 0.129 e. The normalized spacial score (nSPS) is 22.5. The van der Waals surface area contributed by atoms with Gasteiger partial charge in [0.15, 0.2) is 0 Å². The van der Waals surface area contributed by atoms with Crippen LogP contribution < -0.4 is 5.32 Å². The average Bonchev–Trinajstić information content (AvgIpc) is 3.24. The Balaban J connectivity index is 1.97. The lowest BCUT2D eigenvalue weighted by molar-refractivity contribution is 0.153. The summed E-state index contributed by atoms with van der Waals surface area (Å²) >= 11 is 6.40. The maximum absolute atomic E-state index is 14.3. The maximum atomic E-state index is 14.3. The Morgan fingerprint density at radius 3 is 2.63 bits per heavy atom. The van der Waals surface area contributed by atoms with Crippen molar-refractivity contribution in [1.82, 2.24) is 10.2 Å². The number of hydrogen-bond acceptors (Lipinski definition) is 2. The summed E-state index contributed by atoms with van der Waals surface area (Å²) in [5.41, 5.74) is 1.70. The minimum absolute atomic E-state index is 0.147. The fourth-order valence-corrected chi connectivity index (χ4v) is 3.30. The third kappa shape index (κ3) is 2.64. The number of benzene rings is 1. The predicted octanol–water partition coefficient (Wildman–Crippen LogP) is 3.14. The van der Waals surface area contributed by atoms with E-state index in [0.29, 0.717) is 10.9 Å². The van der Waals surface area contributed by atoms with Crippen LogP contribution in [0.3, 0.4) is 0 Å².